The summed E-state index contributed by atoms with van der Waals surface area (Å²) in [6.45, 7) is 5.92. The molecular weight excluding hydrogens is 230 g/mol. The van der Waals surface area contributed by atoms with E-state index < -0.39 is 0 Å². The van der Waals surface area contributed by atoms with Gasteiger partial charge in [0.2, 0.25) is 0 Å². The van der Waals surface area contributed by atoms with Gasteiger partial charge in [0.15, 0.2) is 0 Å². The van der Waals surface area contributed by atoms with Gasteiger partial charge in [0.05, 0.1) is 0 Å². The molecule has 0 atom stereocenters. The SMILES string of the molecule is Cl.Cl.ClCCCN1CCCNCC1. The van der Waals surface area contributed by atoms with E-state index >= 15 is 0 Å². The first-order chi connectivity index (χ1) is 5.43. The van der Waals surface area contributed by atoms with Gasteiger partial charge in [0.1, 0.15) is 0 Å². The molecule has 0 amide bonds. The molecule has 0 aliphatic carbocycles. The Balaban J connectivity index is 0. The number of hydrogen-bond acceptors (Lipinski definition) is 2. The molecule has 1 aliphatic heterocycles. The zero-order valence-electron chi connectivity index (χ0n) is 7.80. The summed E-state index contributed by atoms with van der Waals surface area (Å²) < 4.78 is 0. The van der Waals surface area contributed by atoms with E-state index in [1.54, 1.807) is 0 Å². The van der Waals surface area contributed by atoms with Crippen LogP contribution in [0.5, 0.6) is 0 Å². The average molecular weight is 250 g/mol. The highest BCUT2D eigenvalue weighted by atomic mass is 35.5. The molecule has 0 spiro atoms. The Morgan fingerprint density at radius 1 is 1.15 bits per heavy atom. The van der Waals surface area contributed by atoms with Crippen LogP contribution in [0.1, 0.15) is 12.8 Å². The first-order valence-electron chi connectivity index (χ1n) is 4.42. The van der Waals surface area contributed by atoms with Crippen LogP contribution >= 0.6 is 36.4 Å². The van der Waals surface area contributed by atoms with E-state index in [1.165, 1.54) is 32.6 Å². The van der Waals surface area contributed by atoms with E-state index in [-0.39, 0.29) is 24.8 Å². The highest BCUT2D eigenvalue weighted by Gasteiger charge is 2.06. The number of hydrogen-bond donors (Lipinski definition) is 1. The van der Waals surface area contributed by atoms with E-state index in [0.717, 1.165) is 18.8 Å². The zero-order valence-corrected chi connectivity index (χ0v) is 10.2. The molecule has 1 saturated heterocycles. The van der Waals surface area contributed by atoms with Crippen molar-refractivity contribution in [2.45, 2.75) is 12.8 Å². The largest absolute Gasteiger partial charge is 0.315 e. The van der Waals surface area contributed by atoms with Gasteiger partial charge in [-0.05, 0) is 32.5 Å². The number of halogens is 3. The first kappa shape index (κ1) is 16.2. The lowest BCUT2D eigenvalue weighted by atomic mass is 10.3. The van der Waals surface area contributed by atoms with Crippen LogP contribution in [0.3, 0.4) is 0 Å². The maximum Gasteiger partial charge on any atom is 0.0235 e. The predicted octanol–water partition coefficient (Wildman–Crippen LogP) is 1.75. The molecule has 13 heavy (non-hydrogen) atoms. The topological polar surface area (TPSA) is 15.3 Å². The fraction of sp³-hybridized carbons (Fsp3) is 1.00. The van der Waals surface area contributed by atoms with Gasteiger partial charge < -0.3 is 10.2 Å². The Bertz CT molecular complexity index is 95.4. The van der Waals surface area contributed by atoms with Gasteiger partial charge in [-0.25, -0.2) is 0 Å². The summed E-state index contributed by atoms with van der Waals surface area (Å²) in [6, 6.07) is 0. The van der Waals surface area contributed by atoms with Gasteiger partial charge >= 0.3 is 0 Å². The first-order valence-corrected chi connectivity index (χ1v) is 4.96. The van der Waals surface area contributed by atoms with Crippen molar-refractivity contribution in [1.29, 1.82) is 0 Å². The van der Waals surface area contributed by atoms with Crippen LogP contribution in [0.15, 0.2) is 0 Å². The minimum absolute atomic E-state index is 0. The normalized spacial score (nSPS) is 18.2. The molecule has 1 rings (SSSR count). The lowest BCUT2D eigenvalue weighted by molar-refractivity contribution is 0.294. The fourth-order valence-electron chi connectivity index (χ4n) is 1.41. The molecule has 0 unspecified atom stereocenters. The molecule has 0 bridgehead atoms. The molecular formula is C8H19Cl3N2. The number of alkyl halides is 1. The van der Waals surface area contributed by atoms with Crippen molar-refractivity contribution >= 4 is 36.4 Å². The highest BCUT2D eigenvalue weighted by Crippen LogP contribution is 1.97. The van der Waals surface area contributed by atoms with E-state index in [1.807, 2.05) is 0 Å². The third-order valence-electron chi connectivity index (χ3n) is 2.04. The van der Waals surface area contributed by atoms with Crippen molar-refractivity contribution in [2.75, 3.05) is 38.6 Å². The molecule has 0 saturated carbocycles. The van der Waals surface area contributed by atoms with Gasteiger partial charge in [0.25, 0.3) is 0 Å². The molecule has 2 nitrogen and oxygen atoms in total. The van der Waals surface area contributed by atoms with Crippen LogP contribution in [0.4, 0.5) is 0 Å². The molecule has 82 valence electrons. The number of nitrogens with zero attached hydrogens (tertiary/aromatic N) is 1. The second kappa shape index (κ2) is 10.9. The third-order valence-corrected chi connectivity index (χ3v) is 2.31. The average Bonchev–Trinajstić information content (AvgIpc) is 2.28. The van der Waals surface area contributed by atoms with E-state index in [0.29, 0.717) is 0 Å². The molecule has 0 aromatic heterocycles. The lowest BCUT2D eigenvalue weighted by Crippen LogP contribution is -2.29. The third kappa shape index (κ3) is 7.83. The van der Waals surface area contributed by atoms with Crippen molar-refractivity contribution < 1.29 is 0 Å². The van der Waals surface area contributed by atoms with Gasteiger partial charge in [-0.3, -0.25) is 0 Å². The lowest BCUT2D eigenvalue weighted by Gasteiger charge is -2.18. The quantitative estimate of drug-likeness (QED) is 0.767. The monoisotopic (exact) mass is 248 g/mol. The Labute approximate surface area is 98.2 Å². The maximum absolute atomic E-state index is 5.62. The van der Waals surface area contributed by atoms with Gasteiger partial charge in [-0.15, -0.1) is 36.4 Å². The summed E-state index contributed by atoms with van der Waals surface area (Å²) in [4.78, 5) is 2.49. The molecule has 1 heterocycles. The van der Waals surface area contributed by atoms with E-state index in [9.17, 15) is 0 Å². The molecule has 0 aromatic rings. The second-order valence-electron chi connectivity index (χ2n) is 2.99. The van der Waals surface area contributed by atoms with E-state index in [2.05, 4.69) is 10.2 Å². The summed E-state index contributed by atoms with van der Waals surface area (Å²) in [7, 11) is 0. The Kier molecular flexibility index (Phi) is 13.6. The van der Waals surface area contributed by atoms with E-state index in [4.69, 9.17) is 11.6 Å². The van der Waals surface area contributed by atoms with Gasteiger partial charge in [-0.1, -0.05) is 0 Å². The number of nitrogens with one attached hydrogen (secondary N) is 1. The van der Waals surface area contributed by atoms with Crippen LogP contribution in [0.25, 0.3) is 0 Å². The van der Waals surface area contributed by atoms with Crippen LogP contribution in [0, 0.1) is 0 Å². The van der Waals surface area contributed by atoms with Crippen molar-refractivity contribution in [3.05, 3.63) is 0 Å². The Hall–Kier alpha value is 0.790. The molecule has 0 radical (unpaired) electrons. The predicted molar refractivity (Wildman–Crippen MR) is 63.8 cm³/mol. The van der Waals surface area contributed by atoms with Crippen molar-refractivity contribution in [2.24, 2.45) is 0 Å². The summed E-state index contributed by atoms with van der Waals surface area (Å²) in [5.41, 5.74) is 0. The van der Waals surface area contributed by atoms with Gasteiger partial charge in [-0.2, -0.15) is 0 Å². The smallest absolute Gasteiger partial charge is 0.0235 e. The fourth-order valence-corrected chi connectivity index (χ4v) is 1.53. The molecule has 1 fully saturated rings. The van der Waals surface area contributed by atoms with Crippen LogP contribution < -0.4 is 5.32 Å². The maximum atomic E-state index is 5.62. The second-order valence-corrected chi connectivity index (χ2v) is 3.37. The zero-order chi connectivity index (χ0) is 7.94. The minimum atomic E-state index is 0. The number of rotatable bonds is 3. The summed E-state index contributed by atoms with van der Waals surface area (Å²) in [5.74, 6) is 0.796. The van der Waals surface area contributed by atoms with Crippen LogP contribution in [-0.4, -0.2) is 43.5 Å². The van der Waals surface area contributed by atoms with Crippen molar-refractivity contribution in [3.63, 3.8) is 0 Å². The minimum Gasteiger partial charge on any atom is -0.315 e. The van der Waals surface area contributed by atoms with Gasteiger partial charge in [0, 0.05) is 19.0 Å². The standard InChI is InChI=1S/C8H17ClN2.2ClH/c9-3-1-6-11-7-2-4-10-5-8-11;;/h10H,1-8H2;2*1H. The van der Waals surface area contributed by atoms with Crippen LogP contribution in [-0.2, 0) is 0 Å². The molecule has 0 aromatic carbocycles. The molecule has 1 aliphatic rings. The van der Waals surface area contributed by atoms with Crippen LogP contribution in [0.2, 0.25) is 0 Å². The highest BCUT2D eigenvalue weighted by molar-refractivity contribution is 6.17. The summed E-state index contributed by atoms with van der Waals surface area (Å²) >= 11 is 5.62. The van der Waals surface area contributed by atoms with Crippen molar-refractivity contribution in [1.82, 2.24) is 10.2 Å². The summed E-state index contributed by atoms with van der Waals surface area (Å²) in [5, 5.41) is 3.38. The molecule has 1 N–H and O–H groups in total. The Morgan fingerprint density at radius 3 is 2.62 bits per heavy atom. The Morgan fingerprint density at radius 2 is 1.92 bits per heavy atom. The molecule has 5 heteroatoms. The summed E-state index contributed by atoms with van der Waals surface area (Å²) in [6.07, 6.45) is 2.41. The van der Waals surface area contributed by atoms with Crippen molar-refractivity contribution in [3.8, 4) is 0 Å².